The van der Waals surface area contributed by atoms with Crippen LogP contribution in [0.25, 0.3) is 0 Å². The molecule has 0 amide bonds. The number of ether oxygens (including phenoxy) is 1. The quantitative estimate of drug-likeness (QED) is 0.818. The van der Waals surface area contributed by atoms with Gasteiger partial charge in [-0.25, -0.2) is 0 Å². The Hall–Kier alpha value is -1.82. The van der Waals surface area contributed by atoms with Crippen LogP contribution in [0.1, 0.15) is 12.5 Å². The van der Waals surface area contributed by atoms with Crippen molar-refractivity contribution in [1.29, 1.82) is 0 Å². The molecule has 5 nitrogen and oxygen atoms in total. The Morgan fingerprint density at radius 2 is 1.95 bits per heavy atom. The Morgan fingerprint density at radius 3 is 2.63 bits per heavy atom. The minimum absolute atomic E-state index is 0.335. The van der Waals surface area contributed by atoms with Crippen LogP contribution in [-0.4, -0.2) is 28.6 Å². The van der Waals surface area contributed by atoms with Crippen LogP contribution in [0.5, 0.6) is 6.01 Å². The zero-order valence-corrected chi connectivity index (χ0v) is 11.8. The maximum atomic E-state index is 5.08. The number of anilines is 1. The maximum absolute atomic E-state index is 5.08. The number of hydrogen-bond acceptors (Lipinski definition) is 6. The molecule has 0 aliphatic carbocycles. The molecule has 0 saturated heterocycles. The van der Waals surface area contributed by atoms with Gasteiger partial charge in [0.25, 0.3) is 0 Å². The second kappa shape index (κ2) is 6.94. The maximum Gasteiger partial charge on any atom is 0.321 e. The van der Waals surface area contributed by atoms with Crippen molar-refractivity contribution in [2.45, 2.75) is 17.8 Å². The third kappa shape index (κ3) is 4.10. The van der Waals surface area contributed by atoms with E-state index in [1.54, 1.807) is 18.9 Å². The van der Waals surface area contributed by atoms with Crippen LogP contribution in [0.3, 0.4) is 0 Å². The van der Waals surface area contributed by atoms with Crippen LogP contribution in [0.4, 0.5) is 5.95 Å². The summed E-state index contributed by atoms with van der Waals surface area (Å²) in [4.78, 5) is 12.7. The van der Waals surface area contributed by atoms with Crippen LogP contribution in [-0.2, 0) is 5.75 Å². The molecule has 0 aliphatic heterocycles. The van der Waals surface area contributed by atoms with Gasteiger partial charge in [-0.05, 0) is 12.5 Å². The van der Waals surface area contributed by atoms with E-state index in [1.165, 1.54) is 5.56 Å². The number of rotatable bonds is 6. The largest absolute Gasteiger partial charge is 0.467 e. The van der Waals surface area contributed by atoms with E-state index in [-0.39, 0.29) is 0 Å². The van der Waals surface area contributed by atoms with E-state index in [2.05, 4.69) is 32.4 Å². The average molecular weight is 276 g/mol. The average Bonchev–Trinajstić information content (AvgIpc) is 2.46. The second-order valence-corrected chi connectivity index (χ2v) is 4.68. The molecule has 0 aliphatic rings. The lowest BCUT2D eigenvalue weighted by molar-refractivity contribution is 0.373. The minimum atomic E-state index is 0.335. The molecular formula is C13H16N4OS. The fourth-order valence-electron chi connectivity index (χ4n) is 1.45. The molecule has 0 unspecified atom stereocenters. The molecule has 19 heavy (non-hydrogen) atoms. The van der Waals surface area contributed by atoms with Crippen molar-refractivity contribution in [3.63, 3.8) is 0 Å². The van der Waals surface area contributed by atoms with Crippen molar-refractivity contribution in [1.82, 2.24) is 15.0 Å². The first-order chi connectivity index (χ1) is 9.31. The van der Waals surface area contributed by atoms with Gasteiger partial charge in [-0.2, -0.15) is 15.0 Å². The number of aromatic nitrogens is 3. The molecule has 0 saturated carbocycles. The molecule has 1 heterocycles. The number of hydrogen-bond donors (Lipinski definition) is 1. The molecule has 0 radical (unpaired) electrons. The Morgan fingerprint density at radius 1 is 1.16 bits per heavy atom. The summed E-state index contributed by atoms with van der Waals surface area (Å²) in [5, 5.41) is 3.72. The Labute approximate surface area is 116 Å². The van der Waals surface area contributed by atoms with Crippen molar-refractivity contribution in [2.24, 2.45) is 0 Å². The zero-order valence-electron chi connectivity index (χ0n) is 11.0. The van der Waals surface area contributed by atoms with Crippen LogP contribution in [0.15, 0.2) is 35.5 Å². The summed E-state index contributed by atoms with van der Waals surface area (Å²) in [6, 6.07) is 10.5. The molecular weight excluding hydrogens is 260 g/mol. The van der Waals surface area contributed by atoms with E-state index in [4.69, 9.17) is 4.74 Å². The van der Waals surface area contributed by atoms with Gasteiger partial charge in [0.2, 0.25) is 5.95 Å². The monoisotopic (exact) mass is 276 g/mol. The highest BCUT2D eigenvalue weighted by atomic mass is 32.2. The van der Waals surface area contributed by atoms with Gasteiger partial charge in [-0.3, -0.25) is 0 Å². The number of methoxy groups -OCH3 is 1. The molecule has 1 aromatic carbocycles. The second-order valence-electron chi connectivity index (χ2n) is 3.73. The Bertz CT molecular complexity index is 521. The van der Waals surface area contributed by atoms with E-state index in [0.717, 1.165) is 12.3 Å². The third-order valence-electron chi connectivity index (χ3n) is 2.32. The van der Waals surface area contributed by atoms with Gasteiger partial charge in [-0.15, -0.1) is 0 Å². The molecule has 0 fully saturated rings. The summed E-state index contributed by atoms with van der Waals surface area (Å²) in [5.41, 5.74) is 1.23. The minimum Gasteiger partial charge on any atom is -0.467 e. The molecule has 0 spiro atoms. The van der Waals surface area contributed by atoms with Crippen LogP contribution < -0.4 is 10.1 Å². The van der Waals surface area contributed by atoms with Crippen molar-refractivity contribution in [3.8, 4) is 6.01 Å². The van der Waals surface area contributed by atoms with Gasteiger partial charge >= 0.3 is 6.01 Å². The molecule has 0 atom stereocenters. The topological polar surface area (TPSA) is 59.9 Å². The molecule has 1 N–H and O–H groups in total. The molecule has 0 bridgehead atoms. The molecule has 1 aromatic heterocycles. The van der Waals surface area contributed by atoms with Crippen molar-refractivity contribution >= 4 is 17.7 Å². The van der Waals surface area contributed by atoms with Gasteiger partial charge in [0.05, 0.1) is 7.11 Å². The SMILES string of the molecule is CCNc1nc(OC)nc(SCc2ccccc2)n1. The molecule has 100 valence electrons. The van der Waals surface area contributed by atoms with Gasteiger partial charge < -0.3 is 10.1 Å². The lowest BCUT2D eigenvalue weighted by Crippen LogP contribution is -2.06. The molecule has 2 rings (SSSR count). The number of benzene rings is 1. The fraction of sp³-hybridized carbons (Fsp3) is 0.308. The van der Waals surface area contributed by atoms with Crippen LogP contribution in [0, 0.1) is 0 Å². The first-order valence-corrected chi connectivity index (χ1v) is 7.01. The highest BCUT2D eigenvalue weighted by Crippen LogP contribution is 2.21. The van der Waals surface area contributed by atoms with Gasteiger partial charge in [0, 0.05) is 12.3 Å². The first-order valence-electron chi connectivity index (χ1n) is 6.02. The standard InChI is InChI=1S/C13H16N4OS/c1-3-14-11-15-12(18-2)17-13(16-11)19-9-10-7-5-4-6-8-10/h4-8H,3,9H2,1-2H3,(H,14,15,16,17). The summed E-state index contributed by atoms with van der Waals surface area (Å²) >= 11 is 1.56. The number of thioether (sulfide) groups is 1. The van der Waals surface area contributed by atoms with Crippen LogP contribution in [0.2, 0.25) is 0 Å². The van der Waals surface area contributed by atoms with Gasteiger partial charge in [-0.1, -0.05) is 42.1 Å². The van der Waals surface area contributed by atoms with Gasteiger partial charge in [0.1, 0.15) is 0 Å². The van der Waals surface area contributed by atoms with E-state index < -0.39 is 0 Å². The highest BCUT2D eigenvalue weighted by Gasteiger charge is 2.07. The number of nitrogens with zero attached hydrogens (tertiary/aromatic N) is 3. The van der Waals surface area contributed by atoms with Crippen molar-refractivity contribution in [2.75, 3.05) is 19.0 Å². The predicted molar refractivity (Wildman–Crippen MR) is 76.5 cm³/mol. The normalized spacial score (nSPS) is 10.2. The summed E-state index contributed by atoms with van der Waals surface area (Å²) in [7, 11) is 1.55. The summed E-state index contributed by atoms with van der Waals surface area (Å²) in [6.07, 6.45) is 0. The van der Waals surface area contributed by atoms with E-state index >= 15 is 0 Å². The smallest absolute Gasteiger partial charge is 0.321 e. The third-order valence-corrected chi connectivity index (χ3v) is 3.24. The first kappa shape index (κ1) is 13.6. The summed E-state index contributed by atoms with van der Waals surface area (Å²) in [6.45, 7) is 2.75. The van der Waals surface area contributed by atoms with Crippen molar-refractivity contribution in [3.05, 3.63) is 35.9 Å². The lowest BCUT2D eigenvalue weighted by atomic mass is 10.2. The zero-order chi connectivity index (χ0) is 13.5. The Kier molecular flexibility index (Phi) is 4.97. The number of nitrogens with one attached hydrogen (secondary N) is 1. The highest BCUT2D eigenvalue weighted by molar-refractivity contribution is 7.98. The van der Waals surface area contributed by atoms with Crippen LogP contribution >= 0.6 is 11.8 Å². The van der Waals surface area contributed by atoms with Gasteiger partial charge in [0.15, 0.2) is 5.16 Å². The van der Waals surface area contributed by atoms with Crippen molar-refractivity contribution < 1.29 is 4.74 Å². The summed E-state index contributed by atoms with van der Waals surface area (Å²) < 4.78 is 5.08. The Balaban J connectivity index is 2.08. The predicted octanol–water partition coefficient (Wildman–Crippen LogP) is 2.60. The van der Waals surface area contributed by atoms with E-state index in [9.17, 15) is 0 Å². The fourth-order valence-corrected chi connectivity index (χ4v) is 2.24. The van der Waals surface area contributed by atoms with E-state index in [1.807, 2.05) is 25.1 Å². The molecule has 2 aromatic rings. The van der Waals surface area contributed by atoms with E-state index in [0.29, 0.717) is 17.1 Å². The summed E-state index contributed by atoms with van der Waals surface area (Å²) in [5.74, 6) is 1.37. The lowest BCUT2D eigenvalue weighted by Gasteiger charge is -2.06. The molecule has 6 heteroatoms.